The molecule has 0 radical (unpaired) electrons. The first-order chi connectivity index (χ1) is 7.25. The highest BCUT2D eigenvalue weighted by atomic mass is 15.2. The molecule has 88 valence electrons. The number of nitrogens with zero attached hydrogens (tertiary/aromatic N) is 2. The van der Waals surface area contributed by atoms with Crippen LogP contribution in [0.2, 0.25) is 0 Å². The average molecular weight is 211 g/mol. The van der Waals surface area contributed by atoms with Crippen LogP contribution >= 0.6 is 0 Å². The molecule has 2 fully saturated rings. The Morgan fingerprint density at radius 1 is 1.20 bits per heavy atom. The zero-order chi connectivity index (χ0) is 10.7. The lowest BCUT2D eigenvalue weighted by atomic mass is 9.95. The minimum Gasteiger partial charge on any atom is -0.315 e. The molecule has 3 heteroatoms. The summed E-state index contributed by atoms with van der Waals surface area (Å²) in [7, 11) is 4.38. The summed E-state index contributed by atoms with van der Waals surface area (Å²) in [6.45, 7) is 6.37. The molecule has 3 nitrogen and oxygen atoms in total. The van der Waals surface area contributed by atoms with Gasteiger partial charge >= 0.3 is 0 Å². The summed E-state index contributed by atoms with van der Waals surface area (Å²) >= 11 is 0. The number of rotatable bonds is 3. The van der Waals surface area contributed by atoms with Crippen molar-refractivity contribution < 1.29 is 0 Å². The van der Waals surface area contributed by atoms with Crippen LogP contribution in [0, 0.1) is 5.92 Å². The van der Waals surface area contributed by atoms with Gasteiger partial charge in [0.15, 0.2) is 0 Å². The lowest BCUT2D eigenvalue weighted by Gasteiger charge is -2.36. The molecule has 2 heterocycles. The van der Waals surface area contributed by atoms with Crippen molar-refractivity contribution in [2.45, 2.75) is 25.3 Å². The van der Waals surface area contributed by atoms with Crippen molar-refractivity contribution in [3.8, 4) is 0 Å². The van der Waals surface area contributed by atoms with E-state index in [9.17, 15) is 0 Å². The summed E-state index contributed by atoms with van der Waals surface area (Å²) in [5, 5.41) is 3.46. The zero-order valence-electron chi connectivity index (χ0n) is 10.2. The van der Waals surface area contributed by atoms with Gasteiger partial charge in [-0.05, 0) is 58.9 Å². The van der Waals surface area contributed by atoms with Crippen molar-refractivity contribution in [1.29, 1.82) is 0 Å². The Morgan fingerprint density at radius 3 is 2.47 bits per heavy atom. The van der Waals surface area contributed by atoms with Crippen LogP contribution in [0.4, 0.5) is 0 Å². The van der Waals surface area contributed by atoms with Gasteiger partial charge in [-0.3, -0.25) is 4.90 Å². The Morgan fingerprint density at radius 2 is 1.93 bits per heavy atom. The number of hydrogen-bond donors (Lipinski definition) is 1. The second-order valence-electron chi connectivity index (χ2n) is 5.39. The van der Waals surface area contributed by atoms with Crippen molar-refractivity contribution in [2.75, 3.05) is 46.8 Å². The fourth-order valence-corrected chi connectivity index (χ4v) is 2.97. The largest absolute Gasteiger partial charge is 0.315 e. The van der Waals surface area contributed by atoms with Crippen LogP contribution < -0.4 is 5.32 Å². The van der Waals surface area contributed by atoms with E-state index < -0.39 is 0 Å². The third kappa shape index (κ3) is 3.16. The molecule has 0 spiro atoms. The van der Waals surface area contributed by atoms with Gasteiger partial charge < -0.3 is 10.2 Å². The number of piperidine rings is 1. The lowest BCUT2D eigenvalue weighted by Crippen LogP contribution is -2.43. The van der Waals surface area contributed by atoms with Gasteiger partial charge in [0.1, 0.15) is 0 Å². The van der Waals surface area contributed by atoms with Gasteiger partial charge in [0, 0.05) is 19.1 Å². The molecule has 0 aliphatic carbocycles. The Kier molecular flexibility index (Phi) is 4.00. The topological polar surface area (TPSA) is 18.5 Å². The van der Waals surface area contributed by atoms with E-state index >= 15 is 0 Å². The van der Waals surface area contributed by atoms with Crippen LogP contribution in [0.25, 0.3) is 0 Å². The molecular formula is C12H25N3. The number of nitrogens with one attached hydrogen (secondary N) is 1. The van der Waals surface area contributed by atoms with Gasteiger partial charge in [0.25, 0.3) is 0 Å². The Bertz CT molecular complexity index is 179. The molecule has 0 aromatic rings. The molecule has 2 aliphatic heterocycles. The van der Waals surface area contributed by atoms with Crippen LogP contribution in [0.3, 0.4) is 0 Å². The van der Waals surface area contributed by atoms with Crippen molar-refractivity contribution in [2.24, 2.45) is 5.92 Å². The number of likely N-dealkylation sites (tertiary alicyclic amines) is 1. The Hall–Kier alpha value is -0.120. The number of hydrogen-bond acceptors (Lipinski definition) is 3. The first-order valence-electron chi connectivity index (χ1n) is 6.35. The molecule has 2 saturated heterocycles. The van der Waals surface area contributed by atoms with E-state index in [1.54, 1.807) is 0 Å². The van der Waals surface area contributed by atoms with Gasteiger partial charge in [0.2, 0.25) is 0 Å². The highest BCUT2D eigenvalue weighted by Crippen LogP contribution is 2.21. The Labute approximate surface area is 93.8 Å². The highest BCUT2D eigenvalue weighted by molar-refractivity contribution is 4.84. The normalized spacial score (nSPS) is 30.2. The van der Waals surface area contributed by atoms with Gasteiger partial charge in [-0.25, -0.2) is 0 Å². The quantitative estimate of drug-likeness (QED) is 0.738. The molecule has 2 rings (SSSR count). The molecule has 1 unspecified atom stereocenters. The third-order valence-electron chi connectivity index (χ3n) is 3.82. The standard InChI is InChI=1S/C12H25N3/c1-14(2)10-11-4-7-15(8-5-11)12-3-6-13-9-12/h11-13H,3-10H2,1-2H3. The minimum absolute atomic E-state index is 0.838. The maximum absolute atomic E-state index is 3.46. The SMILES string of the molecule is CN(C)CC1CCN(C2CCNC2)CC1. The van der Waals surface area contributed by atoms with Gasteiger partial charge in [-0.15, -0.1) is 0 Å². The highest BCUT2D eigenvalue weighted by Gasteiger charge is 2.26. The minimum atomic E-state index is 0.838. The second-order valence-corrected chi connectivity index (χ2v) is 5.39. The van der Waals surface area contributed by atoms with Crippen molar-refractivity contribution >= 4 is 0 Å². The van der Waals surface area contributed by atoms with E-state index in [2.05, 4.69) is 29.2 Å². The molecule has 1 N–H and O–H groups in total. The van der Waals surface area contributed by atoms with Crippen LogP contribution in [0.1, 0.15) is 19.3 Å². The molecule has 1 atom stereocenters. The van der Waals surface area contributed by atoms with Crippen molar-refractivity contribution in [3.63, 3.8) is 0 Å². The molecule has 2 aliphatic rings. The van der Waals surface area contributed by atoms with E-state index in [-0.39, 0.29) is 0 Å². The summed E-state index contributed by atoms with van der Waals surface area (Å²) in [6.07, 6.45) is 4.15. The second kappa shape index (κ2) is 5.28. The fourth-order valence-electron chi connectivity index (χ4n) is 2.97. The van der Waals surface area contributed by atoms with Gasteiger partial charge in [0.05, 0.1) is 0 Å². The predicted octanol–water partition coefficient (Wildman–Crippen LogP) is 0.622. The summed E-state index contributed by atoms with van der Waals surface area (Å²) in [4.78, 5) is 5.03. The molecule has 0 aromatic carbocycles. The summed E-state index contributed by atoms with van der Waals surface area (Å²) in [6, 6.07) is 0.838. The maximum atomic E-state index is 3.46. The fraction of sp³-hybridized carbons (Fsp3) is 1.00. The molecule has 0 saturated carbocycles. The Balaban J connectivity index is 1.71. The molecule has 0 aromatic heterocycles. The third-order valence-corrected chi connectivity index (χ3v) is 3.82. The van der Waals surface area contributed by atoms with Crippen LogP contribution in [0.5, 0.6) is 0 Å². The van der Waals surface area contributed by atoms with E-state index in [4.69, 9.17) is 0 Å². The summed E-state index contributed by atoms with van der Waals surface area (Å²) < 4.78 is 0. The smallest absolute Gasteiger partial charge is 0.0232 e. The van der Waals surface area contributed by atoms with Crippen molar-refractivity contribution in [1.82, 2.24) is 15.1 Å². The van der Waals surface area contributed by atoms with E-state index in [1.165, 1.54) is 52.0 Å². The predicted molar refractivity (Wildman–Crippen MR) is 64.1 cm³/mol. The summed E-state index contributed by atoms with van der Waals surface area (Å²) in [5.74, 6) is 0.936. The molecule has 15 heavy (non-hydrogen) atoms. The lowest BCUT2D eigenvalue weighted by molar-refractivity contribution is 0.127. The average Bonchev–Trinajstić information content (AvgIpc) is 2.71. The van der Waals surface area contributed by atoms with Crippen molar-refractivity contribution in [3.05, 3.63) is 0 Å². The van der Waals surface area contributed by atoms with Gasteiger partial charge in [-0.2, -0.15) is 0 Å². The first kappa shape index (κ1) is 11.4. The molecule has 0 amide bonds. The van der Waals surface area contributed by atoms with Gasteiger partial charge in [-0.1, -0.05) is 0 Å². The zero-order valence-corrected chi connectivity index (χ0v) is 10.2. The van der Waals surface area contributed by atoms with E-state index in [1.807, 2.05) is 0 Å². The van der Waals surface area contributed by atoms with Crippen LogP contribution in [0.15, 0.2) is 0 Å². The van der Waals surface area contributed by atoms with E-state index in [0.29, 0.717) is 0 Å². The summed E-state index contributed by atoms with van der Waals surface area (Å²) in [5.41, 5.74) is 0. The van der Waals surface area contributed by atoms with E-state index in [0.717, 1.165) is 12.0 Å². The monoisotopic (exact) mass is 211 g/mol. The first-order valence-corrected chi connectivity index (χ1v) is 6.35. The van der Waals surface area contributed by atoms with Crippen LogP contribution in [-0.4, -0.2) is 62.7 Å². The molecule has 0 bridgehead atoms. The molecular weight excluding hydrogens is 186 g/mol. The maximum Gasteiger partial charge on any atom is 0.0232 e. The van der Waals surface area contributed by atoms with Crippen LogP contribution in [-0.2, 0) is 0 Å².